The van der Waals surface area contributed by atoms with E-state index in [1.54, 1.807) is 7.11 Å². The number of nitrogens with one attached hydrogen (secondary N) is 1. The molecule has 0 amide bonds. The lowest BCUT2D eigenvalue weighted by Gasteiger charge is -2.23. The first-order valence-corrected chi connectivity index (χ1v) is 12.0. The summed E-state index contributed by atoms with van der Waals surface area (Å²) in [6.45, 7) is 0.846. The first kappa shape index (κ1) is 25.0. The summed E-state index contributed by atoms with van der Waals surface area (Å²) in [5.74, 6) is 0.263. The van der Waals surface area contributed by atoms with E-state index in [-0.39, 0.29) is 12.3 Å². The number of carboxylic acid groups (broad SMARTS) is 1. The molecule has 0 heterocycles. The van der Waals surface area contributed by atoms with E-state index >= 15 is 0 Å². The van der Waals surface area contributed by atoms with Crippen molar-refractivity contribution in [1.82, 2.24) is 5.32 Å². The normalized spacial score (nSPS) is 11.7. The zero-order valence-electron chi connectivity index (χ0n) is 20.3. The van der Waals surface area contributed by atoms with Crippen LogP contribution < -0.4 is 14.8 Å². The van der Waals surface area contributed by atoms with Crippen molar-refractivity contribution >= 4 is 5.97 Å². The standard InChI is InChI=1S/C31H31NO4/c1-35-29-19-11-18-26(30(29)36-22-23-12-5-2-6-13-23)20-28(31(33)34)32-21-27(24-14-7-3-8-15-24)25-16-9-4-10-17-25/h2-19,27-28,32H,20-22H2,1H3,(H,33,34)/t28-/m1/s1. The minimum Gasteiger partial charge on any atom is -0.493 e. The summed E-state index contributed by atoms with van der Waals surface area (Å²) < 4.78 is 11.7. The predicted octanol–water partition coefficient (Wildman–Crippen LogP) is 5.69. The summed E-state index contributed by atoms with van der Waals surface area (Å²) in [4.78, 5) is 12.3. The molecule has 184 valence electrons. The molecule has 0 unspecified atom stereocenters. The van der Waals surface area contributed by atoms with E-state index in [1.165, 1.54) is 0 Å². The Hall–Kier alpha value is -4.09. The zero-order chi connectivity index (χ0) is 25.2. The van der Waals surface area contributed by atoms with Gasteiger partial charge in [0.2, 0.25) is 0 Å². The van der Waals surface area contributed by atoms with Gasteiger partial charge in [-0.25, -0.2) is 0 Å². The van der Waals surface area contributed by atoms with Gasteiger partial charge in [0.25, 0.3) is 0 Å². The third-order valence-electron chi connectivity index (χ3n) is 6.20. The van der Waals surface area contributed by atoms with E-state index in [0.29, 0.717) is 24.7 Å². The summed E-state index contributed by atoms with van der Waals surface area (Å²) >= 11 is 0. The highest BCUT2D eigenvalue weighted by molar-refractivity contribution is 5.74. The Morgan fingerprint density at radius 2 is 1.39 bits per heavy atom. The molecule has 5 heteroatoms. The van der Waals surface area contributed by atoms with Crippen molar-refractivity contribution in [2.75, 3.05) is 13.7 Å². The topological polar surface area (TPSA) is 67.8 Å². The van der Waals surface area contributed by atoms with Gasteiger partial charge in [-0.2, -0.15) is 0 Å². The summed E-state index contributed by atoms with van der Waals surface area (Å²) in [5.41, 5.74) is 4.07. The number of ether oxygens (including phenoxy) is 2. The first-order valence-electron chi connectivity index (χ1n) is 12.0. The molecule has 1 atom stereocenters. The molecule has 0 aliphatic rings. The summed E-state index contributed by atoms with van der Waals surface area (Å²) in [6, 6.07) is 34.9. The maximum Gasteiger partial charge on any atom is 0.321 e. The number of hydrogen-bond donors (Lipinski definition) is 2. The molecule has 0 spiro atoms. The van der Waals surface area contributed by atoms with Gasteiger partial charge in [-0.15, -0.1) is 0 Å². The van der Waals surface area contributed by atoms with E-state index in [2.05, 4.69) is 29.6 Å². The lowest BCUT2D eigenvalue weighted by atomic mass is 9.91. The zero-order valence-corrected chi connectivity index (χ0v) is 20.3. The number of carboxylic acids is 1. The SMILES string of the molecule is COc1cccc(C[C@@H](NCC(c2ccccc2)c2ccccc2)C(=O)O)c1OCc1ccccc1. The van der Waals surface area contributed by atoms with E-state index in [1.807, 2.05) is 84.9 Å². The van der Waals surface area contributed by atoms with Gasteiger partial charge < -0.3 is 19.9 Å². The number of methoxy groups -OCH3 is 1. The maximum absolute atomic E-state index is 12.3. The number of aliphatic carboxylic acids is 1. The molecule has 0 bridgehead atoms. The van der Waals surface area contributed by atoms with Crippen molar-refractivity contribution in [3.63, 3.8) is 0 Å². The molecular formula is C31H31NO4. The minimum atomic E-state index is -0.910. The minimum absolute atomic E-state index is 0.0216. The monoisotopic (exact) mass is 481 g/mol. The molecule has 36 heavy (non-hydrogen) atoms. The first-order chi connectivity index (χ1) is 17.7. The molecule has 0 aromatic heterocycles. The van der Waals surface area contributed by atoms with Crippen molar-refractivity contribution in [2.24, 2.45) is 0 Å². The van der Waals surface area contributed by atoms with E-state index in [4.69, 9.17) is 9.47 Å². The molecule has 0 fully saturated rings. The van der Waals surface area contributed by atoms with Gasteiger partial charge in [-0.3, -0.25) is 4.79 Å². The molecule has 0 aliphatic heterocycles. The van der Waals surface area contributed by atoms with Crippen LogP contribution in [0, 0.1) is 0 Å². The van der Waals surface area contributed by atoms with Gasteiger partial charge >= 0.3 is 5.97 Å². The average Bonchev–Trinajstić information content (AvgIpc) is 2.93. The predicted molar refractivity (Wildman–Crippen MR) is 142 cm³/mol. The van der Waals surface area contributed by atoms with Gasteiger partial charge in [0.15, 0.2) is 11.5 Å². The Labute approximate surface area is 212 Å². The van der Waals surface area contributed by atoms with Crippen LogP contribution in [-0.2, 0) is 17.8 Å². The van der Waals surface area contributed by atoms with Gasteiger partial charge in [0, 0.05) is 24.4 Å². The van der Waals surface area contributed by atoms with Gasteiger partial charge in [-0.05, 0) is 22.8 Å². The van der Waals surface area contributed by atoms with Crippen LogP contribution in [-0.4, -0.2) is 30.8 Å². The van der Waals surface area contributed by atoms with E-state index in [0.717, 1.165) is 22.3 Å². The number of carbonyl (C=O) groups is 1. The third kappa shape index (κ3) is 6.52. The molecule has 4 aromatic rings. The Morgan fingerprint density at radius 3 is 1.94 bits per heavy atom. The van der Waals surface area contributed by atoms with Crippen molar-refractivity contribution < 1.29 is 19.4 Å². The fraction of sp³-hybridized carbons (Fsp3) is 0.194. The van der Waals surface area contributed by atoms with Crippen LogP contribution in [0.15, 0.2) is 109 Å². The molecule has 2 N–H and O–H groups in total. The Kier molecular flexibility index (Phi) is 8.73. The van der Waals surface area contributed by atoms with Gasteiger partial charge in [-0.1, -0.05) is 103 Å². The number of hydrogen-bond acceptors (Lipinski definition) is 4. The highest BCUT2D eigenvalue weighted by Gasteiger charge is 2.24. The molecule has 0 saturated carbocycles. The van der Waals surface area contributed by atoms with Gasteiger partial charge in [0.1, 0.15) is 12.6 Å². The smallest absolute Gasteiger partial charge is 0.321 e. The second-order valence-electron chi connectivity index (χ2n) is 8.60. The number of rotatable bonds is 12. The molecule has 0 saturated heterocycles. The van der Waals surface area contributed by atoms with Crippen LogP contribution in [0.4, 0.5) is 0 Å². The summed E-state index contributed by atoms with van der Waals surface area (Å²) in [7, 11) is 1.59. The van der Waals surface area contributed by atoms with Crippen LogP contribution in [0.2, 0.25) is 0 Å². The highest BCUT2D eigenvalue weighted by atomic mass is 16.5. The second-order valence-corrected chi connectivity index (χ2v) is 8.60. The van der Waals surface area contributed by atoms with Crippen LogP contribution in [0.5, 0.6) is 11.5 Å². The lowest BCUT2D eigenvalue weighted by Crippen LogP contribution is -2.41. The maximum atomic E-state index is 12.3. The molecule has 0 aliphatic carbocycles. The molecular weight excluding hydrogens is 450 g/mol. The van der Waals surface area contributed by atoms with Crippen molar-refractivity contribution in [2.45, 2.75) is 25.0 Å². The van der Waals surface area contributed by atoms with Crippen LogP contribution >= 0.6 is 0 Å². The summed E-state index contributed by atoms with van der Waals surface area (Å²) in [6.07, 6.45) is 0.257. The van der Waals surface area contributed by atoms with Crippen LogP contribution in [0.3, 0.4) is 0 Å². The quantitative estimate of drug-likeness (QED) is 0.272. The van der Waals surface area contributed by atoms with Crippen molar-refractivity contribution in [3.05, 3.63) is 131 Å². The molecule has 4 rings (SSSR count). The fourth-order valence-electron chi connectivity index (χ4n) is 4.30. The number of benzene rings is 4. The van der Waals surface area contributed by atoms with Crippen molar-refractivity contribution in [1.29, 1.82) is 0 Å². The number of para-hydroxylation sites is 1. The van der Waals surface area contributed by atoms with Gasteiger partial charge in [0.05, 0.1) is 7.11 Å². The highest BCUT2D eigenvalue weighted by Crippen LogP contribution is 2.33. The van der Waals surface area contributed by atoms with Crippen molar-refractivity contribution in [3.8, 4) is 11.5 Å². The second kappa shape index (κ2) is 12.6. The van der Waals surface area contributed by atoms with E-state index in [9.17, 15) is 9.90 Å². The molecule has 0 radical (unpaired) electrons. The summed E-state index contributed by atoms with van der Waals surface area (Å²) in [5, 5.41) is 13.4. The molecule has 4 aromatic carbocycles. The third-order valence-corrected chi connectivity index (χ3v) is 6.20. The Balaban J connectivity index is 1.54. The average molecular weight is 482 g/mol. The van der Waals surface area contributed by atoms with E-state index < -0.39 is 12.0 Å². The Morgan fingerprint density at radius 1 is 0.806 bits per heavy atom. The molecule has 5 nitrogen and oxygen atoms in total. The van der Waals surface area contributed by atoms with Crippen LogP contribution in [0.1, 0.15) is 28.2 Å². The lowest BCUT2D eigenvalue weighted by molar-refractivity contribution is -0.139. The van der Waals surface area contributed by atoms with Crippen LogP contribution in [0.25, 0.3) is 0 Å². The Bertz CT molecular complexity index is 1190. The fourth-order valence-corrected chi connectivity index (χ4v) is 4.30. The largest absolute Gasteiger partial charge is 0.493 e.